The zero-order chi connectivity index (χ0) is 14.8. The number of hydrogen-bond donors (Lipinski definition) is 1. The second-order valence-electron chi connectivity index (χ2n) is 4.78. The van der Waals surface area contributed by atoms with Gasteiger partial charge in [0.1, 0.15) is 16.2 Å². The first kappa shape index (κ1) is 15.0. The Hall–Kier alpha value is -1.44. The van der Waals surface area contributed by atoms with E-state index in [1.165, 1.54) is 12.1 Å². The van der Waals surface area contributed by atoms with Gasteiger partial charge in [0.15, 0.2) is 0 Å². The van der Waals surface area contributed by atoms with Crippen molar-refractivity contribution >= 4 is 16.1 Å². The first-order valence-electron chi connectivity index (χ1n) is 6.33. The predicted molar refractivity (Wildman–Crippen MR) is 68.1 cm³/mol. The van der Waals surface area contributed by atoms with Crippen LogP contribution in [0.3, 0.4) is 0 Å². The molecule has 20 heavy (non-hydrogen) atoms. The fraction of sp³-hybridized carbons (Fsp3) is 0.462. The van der Waals surface area contributed by atoms with Gasteiger partial charge >= 0.3 is 5.97 Å². The first-order valence-corrected chi connectivity index (χ1v) is 7.74. The zero-order valence-electron chi connectivity index (χ0n) is 10.7. The molecule has 1 fully saturated rings. The summed E-state index contributed by atoms with van der Waals surface area (Å²) in [5, 5.41) is 9.73. The van der Waals surface area contributed by atoms with Crippen LogP contribution in [0.1, 0.15) is 36.0 Å². The molecular weight excluding hydrogens is 284 g/mol. The zero-order valence-corrected chi connectivity index (χ0v) is 11.5. The Balaban J connectivity index is 2.13. The Morgan fingerprint density at radius 1 is 1.30 bits per heavy atom. The number of hydrogen-bond acceptors (Lipinski definition) is 6. The second-order valence-corrected chi connectivity index (χ2v) is 6.16. The third kappa shape index (κ3) is 3.56. The molecule has 1 aliphatic rings. The SMILES string of the molecule is O=C(OC1CCCCC1O)c1cccc(S(=O)(=O)[O-])c1. The van der Waals surface area contributed by atoms with Gasteiger partial charge in [0.25, 0.3) is 0 Å². The summed E-state index contributed by atoms with van der Waals surface area (Å²) in [5.74, 6) is -0.735. The maximum atomic E-state index is 11.9. The molecule has 0 aromatic heterocycles. The molecule has 0 bridgehead atoms. The van der Waals surface area contributed by atoms with E-state index in [-0.39, 0.29) is 5.56 Å². The van der Waals surface area contributed by atoms with E-state index in [2.05, 4.69) is 0 Å². The average Bonchev–Trinajstić information content (AvgIpc) is 2.40. The number of carbonyl (C=O) groups excluding carboxylic acids is 1. The topological polar surface area (TPSA) is 104 Å². The van der Waals surface area contributed by atoms with Gasteiger partial charge in [-0.15, -0.1) is 0 Å². The summed E-state index contributed by atoms with van der Waals surface area (Å²) < 4.78 is 37.9. The van der Waals surface area contributed by atoms with E-state index in [1.807, 2.05) is 0 Å². The predicted octanol–water partition coefficient (Wildman–Crippen LogP) is 1.05. The molecule has 6 nitrogen and oxygen atoms in total. The quantitative estimate of drug-likeness (QED) is 0.661. The van der Waals surface area contributed by atoms with E-state index in [9.17, 15) is 22.9 Å². The smallest absolute Gasteiger partial charge is 0.338 e. The molecule has 7 heteroatoms. The van der Waals surface area contributed by atoms with Gasteiger partial charge in [0, 0.05) is 0 Å². The van der Waals surface area contributed by atoms with Crippen molar-refractivity contribution in [1.29, 1.82) is 0 Å². The van der Waals surface area contributed by atoms with Crippen LogP contribution in [-0.4, -0.2) is 36.3 Å². The van der Waals surface area contributed by atoms with Gasteiger partial charge in [-0.2, -0.15) is 0 Å². The van der Waals surface area contributed by atoms with Crippen LogP contribution >= 0.6 is 0 Å². The summed E-state index contributed by atoms with van der Waals surface area (Å²) in [6, 6.07) is 4.78. The van der Waals surface area contributed by atoms with Crippen LogP contribution in [0.25, 0.3) is 0 Å². The fourth-order valence-corrected chi connectivity index (χ4v) is 2.72. The summed E-state index contributed by atoms with van der Waals surface area (Å²) >= 11 is 0. The molecule has 0 heterocycles. The molecular formula is C13H15O6S-. The lowest BCUT2D eigenvalue weighted by atomic mass is 9.95. The van der Waals surface area contributed by atoms with E-state index in [1.54, 1.807) is 0 Å². The minimum atomic E-state index is -4.61. The van der Waals surface area contributed by atoms with Crippen LogP contribution in [0.2, 0.25) is 0 Å². The monoisotopic (exact) mass is 299 g/mol. The van der Waals surface area contributed by atoms with Gasteiger partial charge in [-0.1, -0.05) is 12.5 Å². The number of rotatable bonds is 3. The van der Waals surface area contributed by atoms with Crippen molar-refractivity contribution in [3.05, 3.63) is 29.8 Å². The van der Waals surface area contributed by atoms with Crippen molar-refractivity contribution in [2.75, 3.05) is 0 Å². The third-order valence-electron chi connectivity index (χ3n) is 3.28. The van der Waals surface area contributed by atoms with E-state index >= 15 is 0 Å². The summed E-state index contributed by atoms with van der Waals surface area (Å²) in [4.78, 5) is 11.4. The van der Waals surface area contributed by atoms with Crippen molar-refractivity contribution in [1.82, 2.24) is 0 Å². The van der Waals surface area contributed by atoms with Crippen molar-refractivity contribution in [3.63, 3.8) is 0 Å². The molecule has 0 aliphatic heterocycles. The maximum Gasteiger partial charge on any atom is 0.338 e. The Morgan fingerprint density at radius 3 is 2.65 bits per heavy atom. The number of esters is 1. The lowest BCUT2D eigenvalue weighted by molar-refractivity contribution is -0.0360. The number of ether oxygens (including phenoxy) is 1. The maximum absolute atomic E-state index is 11.9. The van der Waals surface area contributed by atoms with E-state index < -0.39 is 33.2 Å². The standard InChI is InChI=1S/C13H16O6S/c14-11-6-1-2-7-12(11)19-13(15)9-4-3-5-10(8-9)20(16,17)18/h3-5,8,11-12,14H,1-2,6-7H2,(H,16,17,18)/p-1. The van der Waals surface area contributed by atoms with Gasteiger partial charge < -0.3 is 14.4 Å². The van der Waals surface area contributed by atoms with Crippen LogP contribution in [0, 0.1) is 0 Å². The highest BCUT2D eigenvalue weighted by molar-refractivity contribution is 7.85. The average molecular weight is 299 g/mol. The van der Waals surface area contributed by atoms with Gasteiger partial charge in [-0.3, -0.25) is 0 Å². The normalized spacial score (nSPS) is 23.3. The molecule has 0 amide bonds. The number of benzene rings is 1. The number of carbonyl (C=O) groups is 1. The number of aliphatic hydroxyl groups is 1. The highest BCUT2D eigenvalue weighted by Crippen LogP contribution is 2.22. The summed E-state index contributed by atoms with van der Waals surface area (Å²) in [7, 11) is -4.61. The van der Waals surface area contributed by atoms with Crippen LogP contribution in [0.4, 0.5) is 0 Å². The highest BCUT2D eigenvalue weighted by Gasteiger charge is 2.27. The van der Waals surface area contributed by atoms with Crippen molar-refractivity contribution in [3.8, 4) is 0 Å². The Morgan fingerprint density at radius 2 is 2.00 bits per heavy atom. The lowest BCUT2D eigenvalue weighted by Gasteiger charge is -2.27. The summed E-state index contributed by atoms with van der Waals surface area (Å²) in [5.41, 5.74) is -0.0142. The van der Waals surface area contributed by atoms with Gasteiger partial charge in [0.05, 0.1) is 16.6 Å². The minimum absolute atomic E-state index is 0.0142. The molecule has 1 N–H and O–H groups in total. The van der Waals surface area contributed by atoms with Gasteiger partial charge in [-0.25, -0.2) is 13.2 Å². The van der Waals surface area contributed by atoms with Crippen molar-refractivity contribution < 1.29 is 27.6 Å². The molecule has 0 radical (unpaired) electrons. The van der Waals surface area contributed by atoms with Gasteiger partial charge in [0.2, 0.25) is 0 Å². The Labute approximate surface area is 117 Å². The molecule has 0 spiro atoms. The third-order valence-corrected chi connectivity index (χ3v) is 4.12. The second kappa shape index (κ2) is 5.90. The minimum Gasteiger partial charge on any atom is -0.744 e. The molecule has 1 saturated carbocycles. The highest BCUT2D eigenvalue weighted by atomic mass is 32.2. The largest absolute Gasteiger partial charge is 0.744 e. The molecule has 1 aromatic carbocycles. The lowest BCUT2D eigenvalue weighted by Crippen LogP contribution is -2.34. The Kier molecular flexibility index (Phi) is 4.42. The molecule has 110 valence electrons. The van der Waals surface area contributed by atoms with E-state index in [0.29, 0.717) is 12.8 Å². The Bertz CT molecular complexity index is 595. The van der Waals surface area contributed by atoms with E-state index in [0.717, 1.165) is 25.0 Å². The number of aliphatic hydroxyl groups excluding tert-OH is 1. The van der Waals surface area contributed by atoms with E-state index in [4.69, 9.17) is 4.74 Å². The summed E-state index contributed by atoms with van der Waals surface area (Å²) in [6.45, 7) is 0. The molecule has 2 rings (SSSR count). The fourth-order valence-electron chi connectivity index (χ4n) is 2.20. The van der Waals surface area contributed by atoms with Crippen LogP contribution < -0.4 is 0 Å². The van der Waals surface area contributed by atoms with Crippen LogP contribution in [0.5, 0.6) is 0 Å². The van der Waals surface area contributed by atoms with Crippen molar-refractivity contribution in [2.45, 2.75) is 42.8 Å². The van der Waals surface area contributed by atoms with Crippen molar-refractivity contribution in [2.24, 2.45) is 0 Å². The molecule has 2 atom stereocenters. The van der Waals surface area contributed by atoms with Crippen LogP contribution in [0.15, 0.2) is 29.2 Å². The molecule has 0 saturated heterocycles. The molecule has 2 unspecified atom stereocenters. The molecule has 1 aliphatic carbocycles. The summed E-state index contributed by atoms with van der Waals surface area (Å²) in [6.07, 6.45) is 1.63. The molecule has 1 aromatic rings. The van der Waals surface area contributed by atoms with Crippen LogP contribution in [-0.2, 0) is 14.9 Å². The van der Waals surface area contributed by atoms with Gasteiger partial charge in [-0.05, 0) is 37.5 Å². The first-order chi connectivity index (χ1) is 9.38.